The summed E-state index contributed by atoms with van der Waals surface area (Å²) < 4.78 is 27.9. The van der Waals surface area contributed by atoms with Crippen LogP contribution in [0.3, 0.4) is 0 Å². The van der Waals surface area contributed by atoms with E-state index in [1.807, 2.05) is 0 Å². The minimum Gasteiger partial charge on any atom is -0.481 e. The third kappa shape index (κ3) is 2.15. The molecule has 108 valence electrons. The number of aromatic carboxylic acids is 1. The van der Waals surface area contributed by atoms with Gasteiger partial charge in [0.1, 0.15) is 0 Å². The lowest BCUT2D eigenvalue weighted by Crippen LogP contribution is -2.39. The third-order valence-electron chi connectivity index (χ3n) is 3.94. The molecule has 0 saturated heterocycles. The Labute approximate surface area is 114 Å². The van der Waals surface area contributed by atoms with Crippen LogP contribution in [-0.2, 0) is 10.2 Å². The summed E-state index contributed by atoms with van der Waals surface area (Å²) in [5.41, 5.74) is -2.50. The molecule has 6 heteroatoms. The zero-order valence-corrected chi connectivity index (χ0v) is 10.7. The molecule has 1 fully saturated rings. The normalized spacial score (nSPS) is 17.7. The summed E-state index contributed by atoms with van der Waals surface area (Å²) in [7, 11) is 0. The second-order valence-electron chi connectivity index (χ2n) is 5.04. The van der Waals surface area contributed by atoms with Crippen molar-refractivity contribution in [3.8, 4) is 0 Å². The van der Waals surface area contributed by atoms with E-state index in [4.69, 9.17) is 5.11 Å². The van der Waals surface area contributed by atoms with Crippen LogP contribution in [-0.4, -0.2) is 22.2 Å². The van der Waals surface area contributed by atoms with E-state index in [0.717, 1.165) is 18.6 Å². The maximum Gasteiger partial charge on any atom is 0.338 e. The lowest BCUT2D eigenvalue weighted by atomic mass is 9.69. The molecule has 2 rings (SSSR count). The van der Waals surface area contributed by atoms with Crippen LogP contribution in [0.1, 0.15) is 48.0 Å². The predicted octanol–water partition coefficient (Wildman–Crippen LogP) is 2.95. The lowest BCUT2D eigenvalue weighted by molar-refractivity contribution is -0.145. The number of carboxylic acid groups (broad SMARTS) is 2. The van der Waals surface area contributed by atoms with Crippen molar-refractivity contribution in [1.29, 1.82) is 0 Å². The van der Waals surface area contributed by atoms with Gasteiger partial charge in [0.05, 0.1) is 11.0 Å². The van der Waals surface area contributed by atoms with Crippen molar-refractivity contribution in [3.05, 3.63) is 34.9 Å². The minimum atomic E-state index is -1.58. The summed E-state index contributed by atoms with van der Waals surface area (Å²) in [4.78, 5) is 22.3. The van der Waals surface area contributed by atoms with Gasteiger partial charge in [0, 0.05) is 5.56 Å². The van der Waals surface area contributed by atoms with Gasteiger partial charge < -0.3 is 10.2 Å². The first-order chi connectivity index (χ1) is 9.40. The summed E-state index contributed by atoms with van der Waals surface area (Å²) in [5, 5.41) is 18.2. The Bertz CT molecular complexity index is 563. The first-order valence-corrected chi connectivity index (χ1v) is 6.35. The number of rotatable bonds is 3. The van der Waals surface area contributed by atoms with Gasteiger partial charge in [-0.3, -0.25) is 4.79 Å². The molecular weight excluding hydrogens is 270 g/mol. The molecule has 0 amide bonds. The van der Waals surface area contributed by atoms with Crippen molar-refractivity contribution in [3.63, 3.8) is 0 Å². The van der Waals surface area contributed by atoms with Gasteiger partial charge in [-0.15, -0.1) is 0 Å². The van der Waals surface area contributed by atoms with Gasteiger partial charge in [-0.1, -0.05) is 25.3 Å². The second kappa shape index (κ2) is 5.19. The number of carbonyl (C=O) groups is 2. The molecule has 2 N–H and O–H groups in total. The highest BCUT2D eigenvalue weighted by Gasteiger charge is 2.44. The molecule has 1 aromatic rings. The Morgan fingerprint density at radius 1 is 1.00 bits per heavy atom. The Hall–Kier alpha value is -1.98. The average Bonchev–Trinajstić information content (AvgIpc) is 2.42. The van der Waals surface area contributed by atoms with Gasteiger partial charge in [0.15, 0.2) is 11.6 Å². The molecule has 1 aliphatic carbocycles. The van der Waals surface area contributed by atoms with Crippen molar-refractivity contribution in [2.45, 2.75) is 37.5 Å². The monoisotopic (exact) mass is 284 g/mol. The van der Waals surface area contributed by atoms with Crippen LogP contribution >= 0.6 is 0 Å². The summed E-state index contributed by atoms with van der Waals surface area (Å²) in [6, 6.07) is 2.01. The molecular formula is C14H14F2O4. The predicted molar refractivity (Wildman–Crippen MR) is 65.7 cm³/mol. The number of halogens is 2. The summed E-state index contributed by atoms with van der Waals surface area (Å²) in [6.07, 6.45) is 2.55. The molecule has 0 heterocycles. The largest absolute Gasteiger partial charge is 0.481 e. The number of hydrogen-bond acceptors (Lipinski definition) is 2. The topological polar surface area (TPSA) is 74.6 Å². The van der Waals surface area contributed by atoms with Gasteiger partial charge >= 0.3 is 11.9 Å². The van der Waals surface area contributed by atoms with E-state index in [2.05, 4.69) is 0 Å². The molecule has 0 bridgehead atoms. The first-order valence-electron chi connectivity index (χ1n) is 6.35. The highest BCUT2D eigenvalue weighted by atomic mass is 19.2. The molecule has 1 aliphatic rings. The zero-order valence-electron chi connectivity index (χ0n) is 10.7. The molecule has 0 atom stereocenters. The fraction of sp³-hybridized carbons (Fsp3) is 0.429. The molecule has 0 aliphatic heterocycles. The van der Waals surface area contributed by atoms with E-state index < -0.39 is 34.6 Å². The molecule has 1 aromatic carbocycles. The van der Waals surface area contributed by atoms with Gasteiger partial charge in [-0.25, -0.2) is 13.6 Å². The van der Waals surface area contributed by atoms with Crippen LogP contribution < -0.4 is 0 Å². The van der Waals surface area contributed by atoms with E-state index in [0.29, 0.717) is 12.8 Å². The van der Waals surface area contributed by atoms with Crippen LogP contribution in [0, 0.1) is 11.6 Å². The summed E-state index contributed by atoms with van der Waals surface area (Å²) in [5.74, 6) is -5.64. The molecule has 0 unspecified atom stereocenters. The molecule has 4 nitrogen and oxygen atoms in total. The molecule has 0 spiro atoms. The number of carboxylic acids is 2. The Morgan fingerprint density at radius 2 is 1.60 bits per heavy atom. The fourth-order valence-electron chi connectivity index (χ4n) is 2.84. The SMILES string of the molecule is O=C(O)c1ccc(C2(C(=O)O)CCCCC2)c(F)c1F. The van der Waals surface area contributed by atoms with Crippen LogP contribution in [0.25, 0.3) is 0 Å². The molecule has 0 radical (unpaired) electrons. The van der Waals surface area contributed by atoms with Gasteiger partial charge in [-0.2, -0.15) is 0 Å². The summed E-state index contributed by atoms with van der Waals surface area (Å²) >= 11 is 0. The Kier molecular flexibility index (Phi) is 3.74. The van der Waals surface area contributed by atoms with Crippen molar-refractivity contribution in [2.24, 2.45) is 0 Å². The highest BCUT2D eigenvalue weighted by Crippen LogP contribution is 2.41. The van der Waals surface area contributed by atoms with Crippen molar-refractivity contribution >= 4 is 11.9 Å². The van der Waals surface area contributed by atoms with Gasteiger partial charge in [0.25, 0.3) is 0 Å². The van der Waals surface area contributed by atoms with Crippen LogP contribution in [0.4, 0.5) is 8.78 Å². The zero-order chi connectivity index (χ0) is 14.9. The van der Waals surface area contributed by atoms with Crippen molar-refractivity contribution in [1.82, 2.24) is 0 Å². The smallest absolute Gasteiger partial charge is 0.338 e. The molecule has 1 saturated carbocycles. The van der Waals surface area contributed by atoms with E-state index in [9.17, 15) is 23.5 Å². The van der Waals surface area contributed by atoms with Gasteiger partial charge in [0.2, 0.25) is 0 Å². The van der Waals surface area contributed by atoms with Crippen molar-refractivity contribution < 1.29 is 28.6 Å². The highest BCUT2D eigenvalue weighted by molar-refractivity contribution is 5.88. The van der Waals surface area contributed by atoms with E-state index in [1.165, 1.54) is 0 Å². The lowest BCUT2D eigenvalue weighted by Gasteiger charge is -2.34. The fourth-order valence-corrected chi connectivity index (χ4v) is 2.84. The maximum atomic E-state index is 14.1. The molecule has 20 heavy (non-hydrogen) atoms. The second-order valence-corrected chi connectivity index (χ2v) is 5.04. The quantitative estimate of drug-likeness (QED) is 0.894. The Balaban J connectivity index is 2.58. The number of hydrogen-bond donors (Lipinski definition) is 2. The third-order valence-corrected chi connectivity index (χ3v) is 3.94. The van der Waals surface area contributed by atoms with Gasteiger partial charge in [-0.05, 0) is 18.9 Å². The van der Waals surface area contributed by atoms with E-state index in [-0.39, 0.29) is 18.4 Å². The average molecular weight is 284 g/mol. The standard InChI is InChI=1S/C14H14F2O4/c15-10-8(12(17)18)4-5-9(11(10)16)14(13(19)20)6-2-1-3-7-14/h4-5H,1-3,6-7H2,(H,17,18)(H,19,20). The van der Waals surface area contributed by atoms with E-state index in [1.54, 1.807) is 0 Å². The number of benzene rings is 1. The Morgan fingerprint density at radius 3 is 2.10 bits per heavy atom. The first kappa shape index (κ1) is 14.4. The summed E-state index contributed by atoms with van der Waals surface area (Å²) in [6.45, 7) is 0. The minimum absolute atomic E-state index is 0.227. The van der Waals surface area contributed by atoms with Crippen LogP contribution in [0.5, 0.6) is 0 Å². The number of aliphatic carboxylic acids is 1. The molecule has 0 aromatic heterocycles. The maximum absolute atomic E-state index is 14.1. The van der Waals surface area contributed by atoms with Crippen LogP contribution in [0.15, 0.2) is 12.1 Å². The van der Waals surface area contributed by atoms with Crippen molar-refractivity contribution in [2.75, 3.05) is 0 Å². The van der Waals surface area contributed by atoms with E-state index >= 15 is 0 Å². The van der Waals surface area contributed by atoms with Crippen LogP contribution in [0.2, 0.25) is 0 Å².